The van der Waals surface area contributed by atoms with Crippen LogP contribution >= 0.6 is 0 Å². The molecule has 3 heteroatoms. The van der Waals surface area contributed by atoms with Gasteiger partial charge >= 0.3 is 0 Å². The number of ether oxygens (including phenoxy) is 1. The van der Waals surface area contributed by atoms with E-state index in [-0.39, 0.29) is 0 Å². The van der Waals surface area contributed by atoms with Crippen molar-refractivity contribution in [3.05, 3.63) is 41.7 Å². The van der Waals surface area contributed by atoms with Crippen LogP contribution in [0.1, 0.15) is 18.1 Å². The number of hydrogen-bond acceptors (Lipinski definition) is 3. The standard InChI is InChI=1S/C12H11NO2/c1-2-15-9-12(8-14)11-5-3-10(7-13)4-6-11/h3-6,8-9H,2H2,1H3/b12-9-. The summed E-state index contributed by atoms with van der Waals surface area (Å²) in [5, 5.41) is 8.61. The molecule has 0 atom stereocenters. The van der Waals surface area contributed by atoms with E-state index in [0.29, 0.717) is 17.7 Å². The van der Waals surface area contributed by atoms with Gasteiger partial charge in [0.1, 0.15) is 0 Å². The van der Waals surface area contributed by atoms with Gasteiger partial charge in [-0.05, 0) is 24.6 Å². The number of nitriles is 1. The van der Waals surface area contributed by atoms with Crippen LogP contribution in [-0.2, 0) is 9.53 Å². The number of rotatable bonds is 4. The fourth-order valence-electron chi connectivity index (χ4n) is 1.07. The van der Waals surface area contributed by atoms with Gasteiger partial charge in [-0.2, -0.15) is 5.26 Å². The van der Waals surface area contributed by atoms with Gasteiger partial charge in [0.25, 0.3) is 0 Å². The molecule has 0 amide bonds. The number of aldehydes is 1. The molecule has 76 valence electrons. The van der Waals surface area contributed by atoms with E-state index in [1.807, 2.05) is 13.0 Å². The second-order valence-electron chi connectivity index (χ2n) is 2.84. The Bertz CT molecular complexity index is 399. The molecule has 0 radical (unpaired) electrons. The summed E-state index contributed by atoms with van der Waals surface area (Å²) in [7, 11) is 0. The molecule has 1 aromatic rings. The van der Waals surface area contributed by atoms with E-state index in [1.54, 1.807) is 24.3 Å². The first kappa shape index (κ1) is 11.0. The average Bonchev–Trinajstić information content (AvgIpc) is 2.31. The highest BCUT2D eigenvalue weighted by Gasteiger charge is 2.00. The quantitative estimate of drug-likeness (QED) is 0.426. The number of carbonyl (C=O) groups is 1. The summed E-state index contributed by atoms with van der Waals surface area (Å²) >= 11 is 0. The van der Waals surface area contributed by atoms with E-state index in [0.717, 1.165) is 11.8 Å². The van der Waals surface area contributed by atoms with Gasteiger partial charge in [-0.3, -0.25) is 4.79 Å². The Morgan fingerprint density at radius 1 is 1.47 bits per heavy atom. The zero-order chi connectivity index (χ0) is 11.1. The molecule has 0 unspecified atom stereocenters. The van der Waals surface area contributed by atoms with E-state index in [4.69, 9.17) is 10.00 Å². The van der Waals surface area contributed by atoms with Crippen LogP contribution in [0.5, 0.6) is 0 Å². The predicted octanol–water partition coefficient (Wildman–Crippen LogP) is 2.13. The van der Waals surface area contributed by atoms with E-state index >= 15 is 0 Å². The van der Waals surface area contributed by atoms with E-state index in [1.165, 1.54) is 6.26 Å². The summed E-state index contributed by atoms with van der Waals surface area (Å²) in [5.41, 5.74) is 1.79. The summed E-state index contributed by atoms with van der Waals surface area (Å²) in [5.74, 6) is 0. The zero-order valence-corrected chi connectivity index (χ0v) is 8.43. The Morgan fingerprint density at radius 2 is 2.13 bits per heavy atom. The minimum atomic E-state index is 0.473. The molecule has 3 nitrogen and oxygen atoms in total. The van der Waals surface area contributed by atoms with Crippen LogP contribution in [0.4, 0.5) is 0 Å². The highest BCUT2D eigenvalue weighted by Crippen LogP contribution is 2.13. The molecule has 0 bridgehead atoms. The monoisotopic (exact) mass is 201 g/mol. The van der Waals surface area contributed by atoms with Crippen LogP contribution in [0.2, 0.25) is 0 Å². The minimum Gasteiger partial charge on any atom is -0.501 e. The van der Waals surface area contributed by atoms with E-state index in [2.05, 4.69) is 0 Å². The Balaban J connectivity index is 2.94. The molecule has 0 heterocycles. The number of benzene rings is 1. The molecule has 0 aliphatic rings. The van der Waals surface area contributed by atoms with Gasteiger partial charge in [0.15, 0.2) is 6.29 Å². The van der Waals surface area contributed by atoms with Gasteiger partial charge in [-0.1, -0.05) is 12.1 Å². The Labute approximate surface area is 88.6 Å². The fraction of sp³-hybridized carbons (Fsp3) is 0.167. The molecular weight excluding hydrogens is 190 g/mol. The lowest BCUT2D eigenvalue weighted by Crippen LogP contribution is -1.89. The van der Waals surface area contributed by atoms with E-state index in [9.17, 15) is 4.79 Å². The van der Waals surface area contributed by atoms with Gasteiger partial charge in [0.05, 0.1) is 30.1 Å². The van der Waals surface area contributed by atoms with Crippen LogP contribution in [0, 0.1) is 11.3 Å². The molecule has 1 rings (SSSR count). The Morgan fingerprint density at radius 3 is 2.60 bits per heavy atom. The van der Waals surface area contributed by atoms with Crippen LogP contribution in [0.3, 0.4) is 0 Å². The van der Waals surface area contributed by atoms with Gasteiger partial charge in [-0.15, -0.1) is 0 Å². The average molecular weight is 201 g/mol. The van der Waals surface area contributed by atoms with Crippen LogP contribution < -0.4 is 0 Å². The third-order valence-electron chi connectivity index (χ3n) is 1.85. The van der Waals surface area contributed by atoms with Crippen molar-refractivity contribution in [2.75, 3.05) is 6.61 Å². The van der Waals surface area contributed by atoms with Crippen molar-refractivity contribution < 1.29 is 9.53 Å². The fourth-order valence-corrected chi connectivity index (χ4v) is 1.07. The molecule has 0 aliphatic heterocycles. The van der Waals surface area contributed by atoms with Crippen molar-refractivity contribution in [3.63, 3.8) is 0 Å². The largest absolute Gasteiger partial charge is 0.501 e. The molecule has 1 aromatic carbocycles. The number of carbonyl (C=O) groups excluding carboxylic acids is 1. The molecule has 0 saturated heterocycles. The summed E-state index contributed by atoms with van der Waals surface area (Å²) in [4.78, 5) is 10.8. The molecular formula is C12H11NO2. The molecule has 0 fully saturated rings. The smallest absolute Gasteiger partial charge is 0.153 e. The second-order valence-corrected chi connectivity index (χ2v) is 2.84. The summed E-state index contributed by atoms with van der Waals surface area (Å²) in [6.45, 7) is 2.37. The molecule has 0 aliphatic carbocycles. The van der Waals surface area contributed by atoms with Gasteiger partial charge in [0.2, 0.25) is 0 Å². The minimum absolute atomic E-state index is 0.473. The van der Waals surface area contributed by atoms with Crippen molar-refractivity contribution in [1.29, 1.82) is 5.26 Å². The maximum absolute atomic E-state index is 10.8. The normalized spacial score (nSPS) is 10.5. The van der Waals surface area contributed by atoms with Gasteiger partial charge in [-0.25, -0.2) is 0 Å². The molecule has 0 saturated carbocycles. The molecule has 0 spiro atoms. The second kappa shape index (κ2) is 5.61. The highest BCUT2D eigenvalue weighted by atomic mass is 16.5. The lowest BCUT2D eigenvalue weighted by atomic mass is 10.1. The third kappa shape index (κ3) is 2.96. The number of hydrogen-bond donors (Lipinski definition) is 0. The topological polar surface area (TPSA) is 50.1 Å². The lowest BCUT2D eigenvalue weighted by Gasteiger charge is -2.00. The van der Waals surface area contributed by atoms with Crippen LogP contribution in [0.15, 0.2) is 30.5 Å². The predicted molar refractivity (Wildman–Crippen MR) is 56.8 cm³/mol. The first-order valence-electron chi connectivity index (χ1n) is 4.59. The maximum atomic E-state index is 10.8. The van der Waals surface area contributed by atoms with Crippen LogP contribution in [0.25, 0.3) is 5.57 Å². The van der Waals surface area contributed by atoms with Gasteiger partial charge in [0, 0.05) is 0 Å². The summed E-state index contributed by atoms with van der Waals surface area (Å²) in [6.07, 6.45) is 2.16. The van der Waals surface area contributed by atoms with Crippen LogP contribution in [-0.4, -0.2) is 12.9 Å². The SMILES string of the molecule is CCO/C=C(/C=O)c1ccc(C#N)cc1. The Kier molecular flexibility index (Phi) is 4.11. The van der Waals surface area contributed by atoms with Crippen molar-refractivity contribution in [1.82, 2.24) is 0 Å². The highest BCUT2D eigenvalue weighted by molar-refractivity contribution is 6.06. The van der Waals surface area contributed by atoms with Crippen molar-refractivity contribution in [2.45, 2.75) is 6.92 Å². The Hall–Kier alpha value is -2.08. The number of nitrogens with zero attached hydrogens (tertiary/aromatic N) is 1. The molecule has 15 heavy (non-hydrogen) atoms. The van der Waals surface area contributed by atoms with Crippen molar-refractivity contribution >= 4 is 11.9 Å². The molecule has 0 aromatic heterocycles. The molecule has 0 N–H and O–H groups in total. The van der Waals surface area contributed by atoms with Gasteiger partial charge < -0.3 is 4.74 Å². The van der Waals surface area contributed by atoms with Crippen molar-refractivity contribution in [2.24, 2.45) is 0 Å². The zero-order valence-electron chi connectivity index (χ0n) is 8.43. The van der Waals surface area contributed by atoms with Crippen molar-refractivity contribution in [3.8, 4) is 6.07 Å². The summed E-state index contributed by atoms with van der Waals surface area (Å²) < 4.78 is 5.04. The van der Waals surface area contributed by atoms with E-state index < -0.39 is 0 Å². The maximum Gasteiger partial charge on any atom is 0.153 e. The first-order chi connectivity index (χ1) is 7.31. The third-order valence-corrected chi connectivity index (χ3v) is 1.85. The number of allylic oxidation sites excluding steroid dienone is 1. The summed E-state index contributed by atoms with van der Waals surface area (Å²) in [6, 6.07) is 8.79. The lowest BCUT2D eigenvalue weighted by molar-refractivity contribution is -0.103. The first-order valence-corrected chi connectivity index (χ1v) is 4.59.